The van der Waals surface area contributed by atoms with E-state index >= 15 is 0 Å². The minimum atomic E-state index is -0.350. The van der Waals surface area contributed by atoms with Crippen LogP contribution in [0.2, 0.25) is 5.02 Å². The lowest BCUT2D eigenvalue weighted by Crippen LogP contribution is -1.91. The molecule has 94 valence electrons. The van der Waals surface area contributed by atoms with Crippen molar-refractivity contribution in [3.63, 3.8) is 0 Å². The van der Waals surface area contributed by atoms with Crippen LogP contribution >= 0.6 is 23.4 Å². The Morgan fingerprint density at radius 1 is 1.06 bits per heavy atom. The molecule has 0 amide bonds. The van der Waals surface area contributed by atoms with Gasteiger partial charge in [0.1, 0.15) is 11.6 Å². The molecule has 0 aliphatic carbocycles. The molecule has 0 aliphatic heterocycles. The fourth-order valence-corrected chi connectivity index (χ4v) is 2.69. The molecule has 0 radical (unpaired) electrons. The largest absolute Gasteiger partial charge is 0.398 e. The van der Waals surface area contributed by atoms with Crippen molar-refractivity contribution >= 4 is 29.1 Å². The zero-order valence-electron chi connectivity index (χ0n) is 9.29. The first kappa shape index (κ1) is 13.2. The van der Waals surface area contributed by atoms with Gasteiger partial charge in [-0.05, 0) is 42.0 Å². The van der Waals surface area contributed by atoms with Crippen LogP contribution < -0.4 is 5.73 Å². The summed E-state index contributed by atoms with van der Waals surface area (Å²) < 4.78 is 26.1. The molecular weight excluding hydrogens is 276 g/mol. The van der Waals surface area contributed by atoms with Crippen molar-refractivity contribution in [2.24, 2.45) is 0 Å². The summed E-state index contributed by atoms with van der Waals surface area (Å²) >= 11 is 7.27. The third kappa shape index (κ3) is 3.15. The summed E-state index contributed by atoms with van der Waals surface area (Å²) in [5, 5.41) is 0.485. The van der Waals surface area contributed by atoms with Crippen molar-refractivity contribution in [1.29, 1.82) is 0 Å². The summed E-state index contributed by atoms with van der Waals surface area (Å²) in [7, 11) is 0. The van der Waals surface area contributed by atoms with Gasteiger partial charge >= 0.3 is 0 Å². The maximum atomic E-state index is 13.1. The Morgan fingerprint density at radius 2 is 1.72 bits per heavy atom. The van der Waals surface area contributed by atoms with Gasteiger partial charge in [-0.2, -0.15) is 0 Å². The number of nitrogens with two attached hydrogens (primary N) is 1. The molecule has 18 heavy (non-hydrogen) atoms. The average molecular weight is 286 g/mol. The number of hydrogen-bond donors (Lipinski definition) is 1. The highest BCUT2D eigenvalue weighted by Gasteiger charge is 2.06. The summed E-state index contributed by atoms with van der Waals surface area (Å²) in [6.07, 6.45) is 0. The van der Waals surface area contributed by atoms with Gasteiger partial charge in [0.05, 0.1) is 0 Å². The minimum absolute atomic E-state index is 0.345. The highest BCUT2D eigenvalue weighted by molar-refractivity contribution is 7.98. The Morgan fingerprint density at radius 3 is 2.50 bits per heavy atom. The molecular formula is C13H10ClF2NS. The Bertz CT molecular complexity index is 523. The monoisotopic (exact) mass is 285 g/mol. The molecule has 0 bridgehead atoms. The molecule has 0 saturated carbocycles. The van der Waals surface area contributed by atoms with Crippen molar-refractivity contribution in [1.82, 2.24) is 0 Å². The molecule has 1 nitrogen and oxygen atoms in total. The van der Waals surface area contributed by atoms with Gasteiger partial charge in [-0.15, -0.1) is 11.8 Å². The van der Waals surface area contributed by atoms with Gasteiger partial charge < -0.3 is 5.73 Å². The van der Waals surface area contributed by atoms with E-state index < -0.39 is 0 Å². The maximum absolute atomic E-state index is 13.1. The van der Waals surface area contributed by atoms with Crippen LogP contribution in [0.25, 0.3) is 0 Å². The molecule has 5 heteroatoms. The lowest BCUT2D eigenvalue weighted by Gasteiger charge is -2.07. The topological polar surface area (TPSA) is 26.0 Å². The fourth-order valence-electron chi connectivity index (χ4n) is 1.44. The van der Waals surface area contributed by atoms with E-state index in [2.05, 4.69) is 0 Å². The van der Waals surface area contributed by atoms with Gasteiger partial charge in [0, 0.05) is 21.4 Å². The van der Waals surface area contributed by atoms with E-state index in [9.17, 15) is 8.78 Å². The molecule has 2 rings (SSSR count). The van der Waals surface area contributed by atoms with Crippen LogP contribution in [0.3, 0.4) is 0 Å². The first-order chi connectivity index (χ1) is 8.56. The zero-order chi connectivity index (χ0) is 13.1. The SMILES string of the molecule is Nc1ccc(F)cc1SCc1cc(F)ccc1Cl. The molecule has 0 heterocycles. The van der Waals surface area contributed by atoms with E-state index in [1.54, 1.807) is 0 Å². The van der Waals surface area contributed by atoms with Crippen molar-refractivity contribution in [3.8, 4) is 0 Å². The normalized spacial score (nSPS) is 10.6. The predicted molar refractivity (Wildman–Crippen MR) is 71.8 cm³/mol. The molecule has 0 unspecified atom stereocenters. The van der Waals surface area contributed by atoms with E-state index in [1.165, 1.54) is 48.2 Å². The van der Waals surface area contributed by atoms with Gasteiger partial charge in [0.2, 0.25) is 0 Å². The van der Waals surface area contributed by atoms with Crippen LogP contribution in [0, 0.1) is 11.6 Å². The van der Waals surface area contributed by atoms with Crippen molar-refractivity contribution in [2.75, 3.05) is 5.73 Å². The van der Waals surface area contributed by atoms with Crippen molar-refractivity contribution in [3.05, 3.63) is 58.6 Å². The summed E-state index contributed by atoms with van der Waals surface area (Å²) in [5.74, 6) is -0.260. The summed E-state index contributed by atoms with van der Waals surface area (Å²) in [6, 6.07) is 8.33. The quantitative estimate of drug-likeness (QED) is 0.664. The van der Waals surface area contributed by atoms with E-state index in [4.69, 9.17) is 17.3 Å². The number of benzene rings is 2. The van der Waals surface area contributed by atoms with Crippen LogP contribution in [0.5, 0.6) is 0 Å². The van der Waals surface area contributed by atoms with Gasteiger partial charge in [0.25, 0.3) is 0 Å². The van der Waals surface area contributed by atoms with Crippen LogP contribution in [-0.2, 0) is 5.75 Å². The number of anilines is 1. The second kappa shape index (κ2) is 5.59. The molecule has 0 aliphatic rings. The molecule has 0 fully saturated rings. The van der Waals surface area contributed by atoms with E-state index in [1.807, 2.05) is 0 Å². The van der Waals surface area contributed by atoms with Crippen LogP contribution in [0.4, 0.5) is 14.5 Å². The molecule has 0 spiro atoms. The maximum Gasteiger partial charge on any atom is 0.124 e. The van der Waals surface area contributed by atoms with Crippen LogP contribution in [0.15, 0.2) is 41.3 Å². The molecule has 2 N–H and O–H groups in total. The first-order valence-electron chi connectivity index (χ1n) is 5.18. The van der Waals surface area contributed by atoms with Gasteiger partial charge in [-0.25, -0.2) is 8.78 Å². The Kier molecular flexibility index (Phi) is 4.09. The van der Waals surface area contributed by atoms with E-state index in [0.29, 0.717) is 26.9 Å². The highest BCUT2D eigenvalue weighted by atomic mass is 35.5. The molecule has 0 saturated heterocycles. The lowest BCUT2D eigenvalue weighted by molar-refractivity contribution is 0.624. The number of nitrogen functional groups attached to an aromatic ring is 1. The van der Waals surface area contributed by atoms with Gasteiger partial charge in [-0.1, -0.05) is 11.6 Å². The number of rotatable bonds is 3. The number of halogens is 3. The molecule has 0 aromatic heterocycles. The predicted octanol–water partition coefficient (Wildman–Crippen LogP) is 4.49. The summed E-state index contributed by atoms with van der Waals surface area (Å²) in [5.41, 5.74) is 6.88. The standard InChI is InChI=1S/C13H10ClF2NS/c14-11-3-1-9(15)5-8(11)7-18-13-6-10(16)2-4-12(13)17/h1-6H,7,17H2. The molecule has 2 aromatic rings. The Hall–Kier alpha value is -1.26. The summed E-state index contributed by atoms with van der Waals surface area (Å²) in [6.45, 7) is 0. The van der Waals surface area contributed by atoms with Crippen LogP contribution in [-0.4, -0.2) is 0 Å². The third-order valence-corrected chi connectivity index (χ3v) is 3.86. The lowest BCUT2D eigenvalue weighted by atomic mass is 10.2. The van der Waals surface area contributed by atoms with E-state index in [-0.39, 0.29) is 11.6 Å². The second-order valence-corrected chi connectivity index (χ2v) is 5.13. The van der Waals surface area contributed by atoms with E-state index in [0.717, 1.165) is 0 Å². The minimum Gasteiger partial charge on any atom is -0.398 e. The first-order valence-corrected chi connectivity index (χ1v) is 6.54. The number of thioether (sulfide) groups is 1. The van der Waals surface area contributed by atoms with Gasteiger partial charge in [0.15, 0.2) is 0 Å². The smallest absolute Gasteiger partial charge is 0.124 e. The zero-order valence-corrected chi connectivity index (χ0v) is 10.9. The Labute approximate surface area is 113 Å². The third-order valence-electron chi connectivity index (χ3n) is 2.37. The van der Waals surface area contributed by atoms with Crippen molar-refractivity contribution < 1.29 is 8.78 Å². The number of hydrogen-bond acceptors (Lipinski definition) is 2. The highest BCUT2D eigenvalue weighted by Crippen LogP contribution is 2.31. The Balaban J connectivity index is 2.16. The molecule has 0 atom stereocenters. The van der Waals surface area contributed by atoms with Crippen LogP contribution in [0.1, 0.15) is 5.56 Å². The fraction of sp³-hybridized carbons (Fsp3) is 0.0769. The van der Waals surface area contributed by atoms with Crippen molar-refractivity contribution in [2.45, 2.75) is 10.6 Å². The average Bonchev–Trinajstić information content (AvgIpc) is 2.34. The van der Waals surface area contributed by atoms with Gasteiger partial charge in [-0.3, -0.25) is 0 Å². The summed E-state index contributed by atoms with van der Waals surface area (Å²) in [4.78, 5) is 0.621. The molecule has 2 aromatic carbocycles. The second-order valence-electron chi connectivity index (χ2n) is 3.71.